The van der Waals surface area contributed by atoms with Crippen molar-refractivity contribution < 1.29 is 4.42 Å². The van der Waals surface area contributed by atoms with Crippen LogP contribution in [0.15, 0.2) is 52.1 Å². The molecule has 0 atom stereocenters. The molecule has 2 heterocycles. The van der Waals surface area contributed by atoms with E-state index in [-0.39, 0.29) is 0 Å². The Bertz CT molecular complexity index is 671. The first kappa shape index (κ1) is 18.4. The van der Waals surface area contributed by atoms with Gasteiger partial charge in [0.25, 0.3) is 0 Å². The summed E-state index contributed by atoms with van der Waals surface area (Å²) in [7, 11) is 0. The molecule has 0 amide bonds. The number of aliphatic imine (C=N–C) groups is 1. The molecule has 1 aromatic heterocycles. The maximum Gasteiger partial charge on any atom is 0.191 e. The Hall–Kier alpha value is -2.43. The molecule has 1 aliphatic rings. The summed E-state index contributed by atoms with van der Waals surface area (Å²) in [6.07, 6.45) is 4.27. The molecule has 140 valence electrons. The summed E-state index contributed by atoms with van der Waals surface area (Å²) in [4.78, 5) is 7.16. The summed E-state index contributed by atoms with van der Waals surface area (Å²) >= 11 is 0. The highest BCUT2D eigenvalue weighted by molar-refractivity contribution is 5.79. The SMILES string of the molecule is CCNC(=NCc1ccc(N2CCC(C)CC2)cc1)NCc1ccco1. The first-order valence-corrected chi connectivity index (χ1v) is 9.63. The molecule has 0 saturated carbocycles. The van der Waals surface area contributed by atoms with Crippen molar-refractivity contribution in [3.8, 4) is 0 Å². The summed E-state index contributed by atoms with van der Waals surface area (Å²) in [5.41, 5.74) is 2.54. The Balaban J connectivity index is 1.55. The highest BCUT2D eigenvalue weighted by atomic mass is 16.3. The minimum absolute atomic E-state index is 0.630. The van der Waals surface area contributed by atoms with Crippen molar-refractivity contribution in [1.82, 2.24) is 10.6 Å². The number of rotatable bonds is 6. The summed E-state index contributed by atoms with van der Waals surface area (Å²) < 4.78 is 5.35. The Kier molecular flexibility index (Phi) is 6.58. The van der Waals surface area contributed by atoms with Gasteiger partial charge in [0.2, 0.25) is 0 Å². The average molecular weight is 354 g/mol. The zero-order chi connectivity index (χ0) is 18.2. The van der Waals surface area contributed by atoms with Crippen molar-refractivity contribution in [3.05, 3.63) is 54.0 Å². The molecule has 26 heavy (non-hydrogen) atoms. The predicted molar refractivity (Wildman–Crippen MR) is 107 cm³/mol. The van der Waals surface area contributed by atoms with Crippen molar-refractivity contribution in [2.75, 3.05) is 24.5 Å². The van der Waals surface area contributed by atoms with Gasteiger partial charge in [0.1, 0.15) is 5.76 Å². The van der Waals surface area contributed by atoms with E-state index < -0.39 is 0 Å². The van der Waals surface area contributed by atoms with Gasteiger partial charge in [-0.25, -0.2) is 4.99 Å². The lowest BCUT2D eigenvalue weighted by Gasteiger charge is -2.32. The largest absolute Gasteiger partial charge is 0.467 e. The summed E-state index contributed by atoms with van der Waals surface area (Å²) in [6.45, 7) is 8.87. The van der Waals surface area contributed by atoms with E-state index in [1.807, 2.05) is 12.1 Å². The van der Waals surface area contributed by atoms with E-state index in [0.717, 1.165) is 24.2 Å². The number of nitrogens with one attached hydrogen (secondary N) is 2. The molecule has 2 aromatic rings. The molecular weight excluding hydrogens is 324 g/mol. The second-order valence-electron chi connectivity index (χ2n) is 6.96. The summed E-state index contributed by atoms with van der Waals surface area (Å²) in [5.74, 6) is 2.56. The minimum atomic E-state index is 0.630. The van der Waals surface area contributed by atoms with Crippen LogP contribution in [0.1, 0.15) is 38.0 Å². The van der Waals surface area contributed by atoms with Crippen molar-refractivity contribution in [2.24, 2.45) is 10.9 Å². The summed E-state index contributed by atoms with van der Waals surface area (Å²) in [6, 6.07) is 12.7. The van der Waals surface area contributed by atoms with E-state index in [0.29, 0.717) is 13.1 Å². The average Bonchev–Trinajstić information content (AvgIpc) is 3.19. The normalized spacial score (nSPS) is 15.9. The van der Waals surface area contributed by atoms with Crippen LogP contribution in [0.4, 0.5) is 5.69 Å². The molecule has 0 radical (unpaired) electrons. The fraction of sp³-hybridized carbons (Fsp3) is 0.476. The lowest BCUT2D eigenvalue weighted by atomic mass is 9.99. The van der Waals surface area contributed by atoms with Gasteiger partial charge in [-0.1, -0.05) is 19.1 Å². The topological polar surface area (TPSA) is 52.8 Å². The molecule has 1 saturated heterocycles. The minimum Gasteiger partial charge on any atom is -0.467 e. The lowest BCUT2D eigenvalue weighted by molar-refractivity contribution is 0.438. The molecule has 0 aliphatic carbocycles. The Morgan fingerprint density at radius 1 is 1.15 bits per heavy atom. The van der Waals surface area contributed by atoms with Gasteiger partial charge in [-0.3, -0.25) is 0 Å². The van der Waals surface area contributed by atoms with Crippen LogP contribution in [0, 0.1) is 5.92 Å². The number of hydrogen-bond acceptors (Lipinski definition) is 3. The van der Waals surface area contributed by atoms with Gasteiger partial charge in [0, 0.05) is 25.3 Å². The van der Waals surface area contributed by atoms with E-state index in [9.17, 15) is 0 Å². The molecule has 3 rings (SSSR count). The molecule has 5 nitrogen and oxygen atoms in total. The quantitative estimate of drug-likeness (QED) is 0.612. The fourth-order valence-corrected chi connectivity index (χ4v) is 3.18. The van der Waals surface area contributed by atoms with Crippen molar-refractivity contribution >= 4 is 11.6 Å². The Morgan fingerprint density at radius 2 is 1.92 bits per heavy atom. The molecule has 0 spiro atoms. The first-order chi connectivity index (χ1) is 12.7. The third-order valence-corrected chi connectivity index (χ3v) is 4.86. The van der Waals surface area contributed by atoms with Crippen LogP contribution in [0.5, 0.6) is 0 Å². The number of anilines is 1. The number of benzene rings is 1. The Morgan fingerprint density at radius 3 is 2.58 bits per heavy atom. The van der Waals surface area contributed by atoms with Crippen LogP contribution < -0.4 is 15.5 Å². The van der Waals surface area contributed by atoms with Crippen LogP contribution in [-0.2, 0) is 13.1 Å². The molecular formula is C21H30N4O. The molecule has 2 N–H and O–H groups in total. The van der Waals surface area contributed by atoms with Crippen LogP contribution in [0.3, 0.4) is 0 Å². The van der Waals surface area contributed by atoms with Crippen molar-refractivity contribution in [1.29, 1.82) is 0 Å². The highest BCUT2D eigenvalue weighted by Gasteiger charge is 2.15. The van der Waals surface area contributed by atoms with Gasteiger partial charge < -0.3 is 20.0 Å². The maximum absolute atomic E-state index is 5.35. The Labute approximate surface area is 156 Å². The van der Waals surface area contributed by atoms with Crippen LogP contribution in [-0.4, -0.2) is 25.6 Å². The first-order valence-electron chi connectivity index (χ1n) is 9.63. The van der Waals surface area contributed by atoms with Gasteiger partial charge in [0.15, 0.2) is 5.96 Å². The van der Waals surface area contributed by atoms with E-state index in [1.165, 1.54) is 37.2 Å². The van der Waals surface area contributed by atoms with Crippen molar-refractivity contribution in [3.63, 3.8) is 0 Å². The van der Waals surface area contributed by atoms with Crippen LogP contribution in [0.25, 0.3) is 0 Å². The van der Waals surface area contributed by atoms with Gasteiger partial charge in [-0.2, -0.15) is 0 Å². The van der Waals surface area contributed by atoms with Gasteiger partial charge >= 0.3 is 0 Å². The number of hydrogen-bond donors (Lipinski definition) is 2. The standard InChI is InChI=1S/C21H30N4O/c1-3-22-21(24-16-20-5-4-14-26-20)23-15-18-6-8-19(9-7-18)25-12-10-17(2)11-13-25/h4-9,14,17H,3,10-13,15-16H2,1-2H3,(H2,22,23,24). The fourth-order valence-electron chi connectivity index (χ4n) is 3.18. The third kappa shape index (κ3) is 5.28. The van der Waals surface area contributed by atoms with E-state index in [4.69, 9.17) is 4.42 Å². The zero-order valence-electron chi connectivity index (χ0n) is 15.9. The maximum atomic E-state index is 5.35. The molecule has 1 fully saturated rings. The second-order valence-corrected chi connectivity index (χ2v) is 6.96. The van der Waals surface area contributed by atoms with E-state index in [1.54, 1.807) is 6.26 Å². The van der Waals surface area contributed by atoms with Crippen molar-refractivity contribution in [2.45, 2.75) is 39.8 Å². The zero-order valence-corrected chi connectivity index (χ0v) is 15.9. The third-order valence-electron chi connectivity index (χ3n) is 4.86. The van der Waals surface area contributed by atoms with Crippen LogP contribution in [0.2, 0.25) is 0 Å². The number of piperidine rings is 1. The molecule has 1 aliphatic heterocycles. The highest BCUT2D eigenvalue weighted by Crippen LogP contribution is 2.23. The van der Waals surface area contributed by atoms with E-state index >= 15 is 0 Å². The number of nitrogens with zero attached hydrogens (tertiary/aromatic N) is 2. The monoisotopic (exact) mass is 354 g/mol. The number of guanidine groups is 1. The molecule has 1 aromatic carbocycles. The molecule has 0 unspecified atom stereocenters. The van der Waals surface area contributed by atoms with E-state index in [2.05, 4.69) is 58.6 Å². The van der Waals surface area contributed by atoms with Gasteiger partial charge in [-0.15, -0.1) is 0 Å². The van der Waals surface area contributed by atoms with Crippen LogP contribution >= 0.6 is 0 Å². The number of furan rings is 1. The predicted octanol–water partition coefficient (Wildman–Crippen LogP) is 3.77. The molecule has 0 bridgehead atoms. The smallest absolute Gasteiger partial charge is 0.191 e. The van der Waals surface area contributed by atoms with Gasteiger partial charge in [0.05, 0.1) is 19.4 Å². The second kappa shape index (κ2) is 9.32. The summed E-state index contributed by atoms with van der Waals surface area (Å²) in [5, 5.41) is 6.57. The van der Waals surface area contributed by atoms with Gasteiger partial charge in [-0.05, 0) is 55.5 Å². The lowest BCUT2D eigenvalue weighted by Crippen LogP contribution is -2.36. The molecule has 5 heteroatoms.